The number of carbonyl (C=O) groups excluding carboxylic acids is 1. The van der Waals surface area contributed by atoms with Gasteiger partial charge in [0.05, 0.1) is 0 Å². The van der Waals surface area contributed by atoms with E-state index in [0.29, 0.717) is 23.5 Å². The van der Waals surface area contributed by atoms with Gasteiger partial charge < -0.3 is 1.43 Å². The van der Waals surface area contributed by atoms with Gasteiger partial charge in [0.1, 0.15) is 5.78 Å². The summed E-state index contributed by atoms with van der Waals surface area (Å²) in [6.45, 7) is 6.48. The predicted molar refractivity (Wildman–Crippen MR) is 47.5 cm³/mol. The van der Waals surface area contributed by atoms with Gasteiger partial charge in [0, 0.05) is 12.3 Å². The van der Waals surface area contributed by atoms with Gasteiger partial charge in [-0.1, -0.05) is 20.8 Å². The molecule has 0 radical (unpaired) electrons. The molecule has 0 heterocycles. The minimum absolute atomic E-state index is 0. The quantitative estimate of drug-likeness (QED) is 0.527. The van der Waals surface area contributed by atoms with Gasteiger partial charge in [0.2, 0.25) is 0 Å². The maximum Gasteiger partial charge on any atom is 1.00 e. The zero-order valence-corrected chi connectivity index (χ0v) is 11.9. The fraction of sp³-hybridized carbons (Fsp3) is 0.900. The average molecular weight is 194 g/mol. The molecule has 0 aromatic rings. The van der Waals surface area contributed by atoms with E-state index in [4.69, 9.17) is 0 Å². The van der Waals surface area contributed by atoms with E-state index in [9.17, 15) is 4.79 Å². The largest absolute Gasteiger partial charge is 1.00 e. The van der Waals surface area contributed by atoms with Crippen molar-refractivity contribution in [2.45, 2.75) is 40.0 Å². The van der Waals surface area contributed by atoms with E-state index < -0.39 is 0 Å². The van der Waals surface area contributed by atoms with Crippen molar-refractivity contribution in [2.24, 2.45) is 17.8 Å². The van der Waals surface area contributed by atoms with E-state index >= 15 is 0 Å². The molecule has 0 aliphatic heterocycles. The Bertz CT molecular complexity index is 159. The van der Waals surface area contributed by atoms with Crippen LogP contribution >= 0.6 is 0 Å². The molecule has 1 saturated carbocycles. The van der Waals surface area contributed by atoms with Crippen molar-refractivity contribution >= 4 is 5.78 Å². The Morgan fingerprint density at radius 2 is 2.00 bits per heavy atom. The Morgan fingerprint density at radius 3 is 2.42 bits per heavy atom. The van der Waals surface area contributed by atoms with Crippen LogP contribution in [-0.4, -0.2) is 5.78 Å². The second kappa shape index (κ2) is 5.92. The second-order valence-corrected chi connectivity index (χ2v) is 4.20. The SMILES string of the molecule is CC(C)[C@H]1CC[C@H](C)CC1=O.[H-].[K+]. The fourth-order valence-corrected chi connectivity index (χ4v) is 1.93. The number of hydrogen-bond donors (Lipinski definition) is 0. The Kier molecular flexibility index (Phi) is 6.56. The summed E-state index contributed by atoms with van der Waals surface area (Å²) in [4.78, 5) is 11.4. The first kappa shape index (κ1) is 13.3. The van der Waals surface area contributed by atoms with E-state index in [1.165, 1.54) is 6.42 Å². The molecule has 0 aromatic carbocycles. The summed E-state index contributed by atoms with van der Waals surface area (Å²) in [5.74, 6) is 2.05. The van der Waals surface area contributed by atoms with E-state index in [1.54, 1.807) is 0 Å². The van der Waals surface area contributed by atoms with Gasteiger partial charge in [-0.3, -0.25) is 4.79 Å². The Morgan fingerprint density at radius 1 is 1.42 bits per heavy atom. The molecule has 1 fully saturated rings. The number of ketones is 1. The summed E-state index contributed by atoms with van der Waals surface area (Å²) in [5.41, 5.74) is 0. The Labute approximate surface area is 120 Å². The van der Waals surface area contributed by atoms with Crippen LogP contribution < -0.4 is 51.4 Å². The van der Waals surface area contributed by atoms with Crippen molar-refractivity contribution < 1.29 is 57.6 Å². The van der Waals surface area contributed by atoms with Gasteiger partial charge in [-0.25, -0.2) is 0 Å². The van der Waals surface area contributed by atoms with Crippen LogP contribution in [0.2, 0.25) is 0 Å². The third-order valence-corrected chi connectivity index (χ3v) is 2.74. The van der Waals surface area contributed by atoms with Crippen LogP contribution in [0, 0.1) is 17.8 Å². The van der Waals surface area contributed by atoms with Crippen molar-refractivity contribution in [1.82, 2.24) is 0 Å². The van der Waals surface area contributed by atoms with Crippen molar-refractivity contribution in [1.29, 1.82) is 0 Å². The molecule has 0 aromatic heterocycles. The average Bonchev–Trinajstić information content (AvgIpc) is 1.85. The number of carbonyl (C=O) groups is 1. The summed E-state index contributed by atoms with van der Waals surface area (Å²) in [6.07, 6.45) is 3.19. The van der Waals surface area contributed by atoms with Crippen LogP contribution in [-0.2, 0) is 4.79 Å². The molecule has 0 amide bonds. The molecular formula is C10H19KO. The number of rotatable bonds is 1. The van der Waals surface area contributed by atoms with Gasteiger partial charge in [0.25, 0.3) is 0 Å². The Balaban J connectivity index is 0. The summed E-state index contributed by atoms with van der Waals surface area (Å²) < 4.78 is 0. The van der Waals surface area contributed by atoms with E-state index in [1.807, 2.05) is 0 Å². The van der Waals surface area contributed by atoms with Crippen LogP contribution in [0.3, 0.4) is 0 Å². The molecule has 1 rings (SSSR count). The summed E-state index contributed by atoms with van der Waals surface area (Å²) >= 11 is 0. The molecule has 12 heavy (non-hydrogen) atoms. The molecule has 1 aliphatic carbocycles. The molecule has 0 N–H and O–H groups in total. The van der Waals surface area contributed by atoms with Gasteiger partial charge in [0.15, 0.2) is 0 Å². The fourth-order valence-electron chi connectivity index (χ4n) is 1.93. The van der Waals surface area contributed by atoms with E-state index in [0.717, 1.165) is 12.8 Å². The van der Waals surface area contributed by atoms with Crippen LogP contribution in [0.1, 0.15) is 41.5 Å². The maximum atomic E-state index is 11.4. The third-order valence-electron chi connectivity index (χ3n) is 2.74. The molecule has 0 spiro atoms. The first-order chi connectivity index (χ1) is 5.11. The minimum Gasteiger partial charge on any atom is -1.00 e. The smallest absolute Gasteiger partial charge is 1.00 e. The second-order valence-electron chi connectivity index (χ2n) is 4.20. The molecule has 2 atom stereocenters. The monoisotopic (exact) mass is 194 g/mol. The zero-order chi connectivity index (χ0) is 8.43. The molecule has 1 aliphatic rings. The first-order valence-electron chi connectivity index (χ1n) is 4.64. The molecule has 66 valence electrons. The summed E-state index contributed by atoms with van der Waals surface area (Å²) in [5, 5.41) is 0. The van der Waals surface area contributed by atoms with E-state index in [-0.39, 0.29) is 52.8 Å². The third kappa shape index (κ3) is 3.58. The Hall–Kier alpha value is 1.31. The molecular weight excluding hydrogens is 175 g/mol. The number of Topliss-reactive ketones (excluding diaryl/α,β-unsaturated/α-hetero) is 1. The van der Waals surface area contributed by atoms with Crippen LogP contribution in [0.15, 0.2) is 0 Å². The normalized spacial score (nSPS) is 30.2. The standard InChI is InChI=1S/C10H18O.K.H/c1-7(2)9-5-4-8(3)6-10(9)11;;/h7-9H,4-6H2,1-3H3;;/q;+1;-1/t8-,9+;;/m0../s1. The minimum atomic E-state index is 0. The maximum absolute atomic E-state index is 11.4. The van der Waals surface area contributed by atoms with Gasteiger partial charge in [-0.2, -0.15) is 0 Å². The molecule has 2 heteroatoms. The van der Waals surface area contributed by atoms with Gasteiger partial charge >= 0.3 is 51.4 Å². The van der Waals surface area contributed by atoms with Gasteiger partial charge in [-0.15, -0.1) is 0 Å². The number of hydrogen-bond acceptors (Lipinski definition) is 1. The van der Waals surface area contributed by atoms with Crippen molar-refractivity contribution in [2.75, 3.05) is 0 Å². The molecule has 0 saturated heterocycles. The summed E-state index contributed by atoms with van der Waals surface area (Å²) in [7, 11) is 0. The zero-order valence-electron chi connectivity index (χ0n) is 9.76. The van der Waals surface area contributed by atoms with Crippen LogP contribution in [0.5, 0.6) is 0 Å². The first-order valence-corrected chi connectivity index (χ1v) is 4.64. The molecule has 0 unspecified atom stereocenters. The summed E-state index contributed by atoms with van der Waals surface area (Å²) in [6, 6.07) is 0. The van der Waals surface area contributed by atoms with Crippen molar-refractivity contribution in [3.63, 3.8) is 0 Å². The molecule has 0 bridgehead atoms. The van der Waals surface area contributed by atoms with Crippen LogP contribution in [0.25, 0.3) is 0 Å². The molecule has 1 nitrogen and oxygen atoms in total. The van der Waals surface area contributed by atoms with Gasteiger partial charge in [-0.05, 0) is 24.7 Å². The van der Waals surface area contributed by atoms with E-state index in [2.05, 4.69) is 20.8 Å². The predicted octanol–water partition coefficient (Wildman–Crippen LogP) is -0.236. The van der Waals surface area contributed by atoms with Crippen molar-refractivity contribution in [3.05, 3.63) is 0 Å². The topological polar surface area (TPSA) is 17.1 Å². The van der Waals surface area contributed by atoms with Crippen LogP contribution in [0.4, 0.5) is 0 Å². The van der Waals surface area contributed by atoms with Crippen molar-refractivity contribution in [3.8, 4) is 0 Å².